The number of aromatic nitrogens is 1. The molecule has 2 heteroatoms. The molecular weight excluding hydrogens is 593 g/mol. The number of anilines is 3. The monoisotopic (exact) mass is 624 g/mol. The Morgan fingerprint density at radius 3 is 1.92 bits per heavy atom. The third kappa shape index (κ3) is 4.49. The molecule has 8 aromatic carbocycles. The molecular formula is C47H32N2. The van der Waals surface area contributed by atoms with E-state index in [9.17, 15) is 0 Å². The Balaban J connectivity index is 1.09. The molecule has 2 nitrogen and oxygen atoms in total. The van der Waals surface area contributed by atoms with Gasteiger partial charge in [0.2, 0.25) is 0 Å². The van der Waals surface area contributed by atoms with Gasteiger partial charge in [-0.2, -0.15) is 0 Å². The van der Waals surface area contributed by atoms with Crippen LogP contribution < -0.4 is 4.90 Å². The van der Waals surface area contributed by atoms with Crippen molar-refractivity contribution in [2.75, 3.05) is 4.90 Å². The fourth-order valence-corrected chi connectivity index (χ4v) is 7.94. The first kappa shape index (κ1) is 27.7. The molecule has 1 heterocycles. The van der Waals surface area contributed by atoms with Crippen molar-refractivity contribution in [1.82, 2.24) is 4.57 Å². The van der Waals surface area contributed by atoms with Crippen LogP contribution >= 0.6 is 0 Å². The zero-order chi connectivity index (χ0) is 32.3. The van der Waals surface area contributed by atoms with E-state index in [4.69, 9.17) is 0 Å². The first-order chi connectivity index (χ1) is 24.3. The fraction of sp³-hybridized carbons (Fsp3) is 0.0213. The Morgan fingerprint density at radius 2 is 1.08 bits per heavy atom. The summed E-state index contributed by atoms with van der Waals surface area (Å²) >= 11 is 0. The molecule has 0 saturated carbocycles. The lowest BCUT2D eigenvalue weighted by Gasteiger charge is -2.26. The number of nitrogens with zero attached hydrogens (tertiary/aromatic N) is 2. The van der Waals surface area contributed by atoms with Crippen LogP contribution in [0.25, 0.3) is 60.5 Å². The van der Waals surface area contributed by atoms with Crippen molar-refractivity contribution in [3.05, 3.63) is 193 Å². The van der Waals surface area contributed by atoms with Crippen molar-refractivity contribution >= 4 is 49.6 Å². The summed E-state index contributed by atoms with van der Waals surface area (Å²) in [5.41, 5.74) is 14.9. The molecule has 0 bridgehead atoms. The minimum Gasteiger partial charge on any atom is -0.310 e. The molecule has 1 aliphatic rings. The van der Waals surface area contributed by atoms with E-state index in [1.807, 2.05) is 0 Å². The third-order valence-electron chi connectivity index (χ3n) is 10.2. The molecule has 0 spiro atoms. The Kier molecular flexibility index (Phi) is 6.28. The first-order valence-electron chi connectivity index (χ1n) is 17.0. The van der Waals surface area contributed by atoms with Gasteiger partial charge in [-0.15, -0.1) is 0 Å². The second-order valence-corrected chi connectivity index (χ2v) is 13.0. The van der Waals surface area contributed by atoms with Gasteiger partial charge < -0.3 is 9.47 Å². The van der Waals surface area contributed by atoms with Crippen LogP contribution in [0, 0.1) is 0 Å². The lowest BCUT2D eigenvalue weighted by Crippen LogP contribution is -2.10. The van der Waals surface area contributed by atoms with Crippen molar-refractivity contribution in [1.29, 1.82) is 0 Å². The van der Waals surface area contributed by atoms with Crippen molar-refractivity contribution in [3.63, 3.8) is 0 Å². The lowest BCUT2D eigenvalue weighted by molar-refractivity contribution is 1.18. The summed E-state index contributed by atoms with van der Waals surface area (Å²) in [5.74, 6) is 0. The van der Waals surface area contributed by atoms with Crippen LogP contribution in [-0.2, 0) is 6.42 Å². The Hall–Kier alpha value is -6.38. The van der Waals surface area contributed by atoms with Gasteiger partial charge in [-0.3, -0.25) is 0 Å². The molecule has 0 atom stereocenters. The van der Waals surface area contributed by atoms with Crippen molar-refractivity contribution in [2.24, 2.45) is 0 Å². The van der Waals surface area contributed by atoms with Crippen LogP contribution in [0.2, 0.25) is 0 Å². The zero-order valence-electron chi connectivity index (χ0n) is 26.9. The fourth-order valence-electron chi connectivity index (χ4n) is 7.94. The van der Waals surface area contributed by atoms with Gasteiger partial charge in [-0.05, 0) is 111 Å². The number of rotatable bonds is 5. The second-order valence-electron chi connectivity index (χ2n) is 13.0. The maximum absolute atomic E-state index is 2.39. The van der Waals surface area contributed by atoms with E-state index in [0.29, 0.717) is 0 Å². The van der Waals surface area contributed by atoms with Crippen LogP contribution in [0.15, 0.2) is 182 Å². The molecule has 0 saturated heterocycles. The van der Waals surface area contributed by atoms with Crippen LogP contribution in [0.1, 0.15) is 11.1 Å². The molecule has 0 unspecified atom stereocenters. The van der Waals surface area contributed by atoms with E-state index in [2.05, 4.69) is 191 Å². The Labute approximate surface area is 285 Å². The predicted octanol–water partition coefficient (Wildman–Crippen LogP) is 12.6. The maximum Gasteiger partial charge on any atom is 0.0561 e. The van der Waals surface area contributed by atoms with E-state index in [1.165, 1.54) is 66.0 Å². The number of para-hydroxylation sites is 3. The van der Waals surface area contributed by atoms with Crippen LogP contribution in [0.4, 0.5) is 17.1 Å². The third-order valence-corrected chi connectivity index (χ3v) is 10.2. The van der Waals surface area contributed by atoms with Gasteiger partial charge in [0.15, 0.2) is 0 Å². The van der Waals surface area contributed by atoms with Gasteiger partial charge in [-0.25, -0.2) is 0 Å². The molecule has 1 aromatic heterocycles. The normalized spacial score (nSPS) is 12.0. The van der Waals surface area contributed by atoms with Gasteiger partial charge in [0.05, 0.1) is 11.0 Å². The minimum atomic E-state index is 0.975. The summed E-state index contributed by atoms with van der Waals surface area (Å²) in [7, 11) is 0. The molecule has 1 aliphatic carbocycles. The quantitative estimate of drug-likeness (QED) is 0.185. The highest BCUT2D eigenvalue weighted by atomic mass is 15.1. The zero-order valence-corrected chi connectivity index (χ0v) is 26.9. The summed E-state index contributed by atoms with van der Waals surface area (Å²) in [5, 5.41) is 5.22. The van der Waals surface area contributed by atoms with Gasteiger partial charge in [0.25, 0.3) is 0 Å². The highest BCUT2D eigenvalue weighted by Gasteiger charge is 2.20. The largest absolute Gasteiger partial charge is 0.310 e. The van der Waals surface area contributed by atoms with E-state index >= 15 is 0 Å². The molecule has 0 fully saturated rings. The standard InChI is InChI=1S/C47H32N2/c1-3-14-37(15-4-1)48(40-27-28-42-41-18-7-8-20-45(41)49(46(42)31-40)38-16-5-2-6-17-38)39-25-23-32(24-26-39)34-21-22-35-29-36-13-9-11-33-12-10-19-43(47(33)36)44(35)30-34/h1-28,30-31H,29H2. The first-order valence-corrected chi connectivity index (χ1v) is 17.0. The van der Waals surface area contributed by atoms with Crippen molar-refractivity contribution < 1.29 is 0 Å². The Bertz CT molecular complexity index is 2660. The Morgan fingerprint density at radius 1 is 0.408 bits per heavy atom. The molecule has 230 valence electrons. The van der Waals surface area contributed by atoms with E-state index in [0.717, 1.165) is 29.2 Å². The number of hydrogen-bond donors (Lipinski definition) is 0. The molecule has 0 aliphatic heterocycles. The van der Waals surface area contributed by atoms with Crippen molar-refractivity contribution in [2.45, 2.75) is 6.42 Å². The average molecular weight is 625 g/mol. The summed E-state index contributed by atoms with van der Waals surface area (Å²) in [4.78, 5) is 2.36. The van der Waals surface area contributed by atoms with Crippen LogP contribution in [0.5, 0.6) is 0 Å². The predicted molar refractivity (Wildman–Crippen MR) is 207 cm³/mol. The van der Waals surface area contributed by atoms with Gasteiger partial charge in [-0.1, -0.05) is 121 Å². The number of benzene rings is 8. The van der Waals surface area contributed by atoms with Gasteiger partial charge in [0, 0.05) is 33.5 Å². The summed E-state index contributed by atoms with van der Waals surface area (Å²) in [6.45, 7) is 0. The average Bonchev–Trinajstić information content (AvgIpc) is 3.50. The highest BCUT2D eigenvalue weighted by Crippen LogP contribution is 2.43. The van der Waals surface area contributed by atoms with Crippen molar-refractivity contribution in [3.8, 4) is 27.9 Å². The number of hydrogen-bond acceptors (Lipinski definition) is 1. The molecule has 9 aromatic rings. The topological polar surface area (TPSA) is 8.17 Å². The van der Waals surface area contributed by atoms with Gasteiger partial charge >= 0.3 is 0 Å². The summed E-state index contributed by atoms with van der Waals surface area (Å²) < 4.78 is 2.38. The maximum atomic E-state index is 2.39. The number of fused-ring (bicyclic) bond motifs is 5. The van der Waals surface area contributed by atoms with E-state index < -0.39 is 0 Å². The highest BCUT2D eigenvalue weighted by molar-refractivity contribution is 6.10. The SMILES string of the molecule is c1ccc(N(c2ccc(-c3ccc4c(c3)-c3cccc5cccc(c35)C4)cc2)c2ccc3c4ccccc4n(-c4ccccc4)c3c2)cc1. The van der Waals surface area contributed by atoms with E-state index in [-0.39, 0.29) is 0 Å². The molecule has 0 amide bonds. The lowest BCUT2D eigenvalue weighted by atomic mass is 9.82. The molecule has 0 radical (unpaired) electrons. The molecule has 49 heavy (non-hydrogen) atoms. The summed E-state index contributed by atoms with van der Waals surface area (Å²) in [6, 6.07) is 66.4. The smallest absolute Gasteiger partial charge is 0.0561 e. The van der Waals surface area contributed by atoms with Gasteiger partial charge in [0.1, 0.15) is 0 Å². The molecule has 0 N–H and O–H groups in total. The van der Waals surface area contributed by atoms with E-state index in [1.54, 1.807) is 0 Å². The summed E-state index contributed by atoms with van der Waals surface area (Å²) in [6.07, 6.45) is 0.975. The van der Waals surface area contributed by atoms with Crippen LogP contribution in [0.3, 0.4) is 0 Å². The van der Waals surface area contributed by atoms with Crippen LogP contribution in [-0.4, -0.2) is 4.57 Å². The second kappa shape index (κ2) is 11.1. The molecule has 10 rings (SSSR count). The minimum absolute atomic E-state index is 0.975.